The maximum absolute atomic E-state index is 5.98. The van der Waals surface area contributed by atoms with E-state index in [0.717, 1.165) is 28.3 Å². The first kappa shape index (κ1) is 16.7. The molecule has 0 aromatic carbocycles. The van der Waals surface area contributed by atoms with Crippen LogP contribution in [0.15, 0.2) is 12.1 Å². The highest BCUT2D eigenvalue weighted by Gasteiger charge is 2.15. The highest BCUT2D eigenvalue weighted by atomic mass is 35.5. The standard InChI is InChI=1S/C15H22ClN3S2/c1-10-12(8-17-15(2,3)4)21-14(18-10)19(5)9-11-6-7-13(16)20-11/h6-7,17H,8-9H2,1-5H3. The minimum atomic E-state index is 0.121. The van der Waals surface area contributed by atoms with Crippen LogP contribution in [0.5, 0.6) is 0 Å². The van der Waals surface area contributed by atoms with E-state index in [1.165, 1.54) is 9.75 Å². The van der Waals surface area contributed by atoms with Crippen LogP contribution in [0, 0.1) is 6.92 Å². The van der Waals surface area contributed by atoms with Gasteiger partial charge in [0.2, 0.25) is 0 Å². The van der Waals surface area contributed by atoms with E-state index in [1.807, 2.05) is 6.07 Å². The van der Waals surface area contributed by atoms with Crippen LogP contribution in [0.25, 0.3) is 0 Å². The maximum atomic E-state index is 5.98. The Kier molecular flexibility index (Phi) is 5.30. The van der Waals surface area contributed by atoms with Gasteiger partial charge in [0.25, 0.3) is 0 Å². The third-order valence-corrected chi connectivity index (χ3v) is 5.50. The number of hydrogen-bond acceptors (Lipinski definition) is 5. The summed E-state index contributed by atoms with van der Waals surface area (Å²) in [5.41, 5.74) is 1.23. The quantitative estimate of drug-likeness (QED) is 0.853. The fourth-order valence-electron chi connectivity index (χ4n) is 1.82. The molecule has 2 aromatic heterocycles. The normalized spacial score (nSPS) is 11.9. The number of thiazole rings is 1. The van der Waals surface area contributed by atoms with E-state index >= 15 is 0 Å². The lowest BCUT2D eigenvalue weighted by atomic mass is 10.1. The van der Waals surface area contributed by atoms with Gasteiger partial charge in [-0.15, -0.1) is 22.7 Å². The molecule has 1 N–H and O–H groups in total. The van der Waals surface area contributed by atoms with Crippen molar-refractivity contribution < 1.29 is 0 Å². The Morgan fingerprint density at radius 1 is 1.29 bits per heavy atom. The van der Waals surface area contributed by atoms with E-state index in [1.54, 1.807) is 22.7 Å². The van der Waals surface area contributed by atoms with Gasteiger partial charge in [0.1, 0.15) is 0 Å². The molecular formula is C15H22ClN3S2. The number of hydrogen-bond donors (Lipinski definition) is 1. The molecule has 3 nitrogen and oxygen atoms in total. The van der Waals surface area contributed by atoms with Gasteiger partial charge in [0.05, 0.1) is 16.6 Å². The van der Waals surface area contributed by atoms with Crippen LogP contribution in [0.1, 0.15) is 36.2 Å². The molecule has 0 bridgehead atoms. The second-order valence-corrected chi connectivity index (χ2v) is 9.03. The summed E-state index contributed by atoms with van der Waals surface area (Å²) >= 11 is 9.36. The van der Waals surface area contributed by atoms with E-state index in [4.69, 9.17) is 16.6 Å². The number of aryl methyl sites for hydroxylation is 1. The van der Waals surface area contributed by atoms with E-state index in [0.29, 0.717) is 0 Å². The number of thiophene rings is 1. The zero-order valence-electron chi connectivity index (χ0n) is 13.2. The van der Waals surface area contributed by atoms with E-state index in [2.05, 4.69) is 51.0 Å². The molecule has 0 aliphatic heterocycles. The van der Waals surface area contributed by atoms with Gasteiger partial charge >= 0.3 is 0 Å². The average Bonchev–Trinajstić information content (AvgIpc) is 2.92. The molecule has 0 fully saturated rings. The Bertz CT molecular complexity index is 598. The Balaban J connectivity index is 2.03. The van der Waals surface area contributed by atoms with Crippen molar-refractivity contribution >= 4 is 39.4 Å². The molecule has 6 heteroatoms. The van der Waals surface area contributed by atoms with Gasteiger partial charge in [-0.3, -0.25) is 0 Å². The zero-order valence-corrected chi connectivity index (χ0v) is 15.5. The molecule has 116 valence electrons. The second-order valence-electron chi connectivity index (χ2n) is 6.17. The minimum absolute atomic E-state index is 0.121. The number of nitrogens with zero attached hydrogens (tertiary/aromatic N) is 2. The van der Waals surface area contributed by atoms with Gasteiger partial charge in [-0.2, -0.15) is 0 Å². The summed E-state index contributed by atoms with van der Waals surface area (Å²) in [7, 11) is 2.08. The number of halogens is 1. The molecule has 0 amide bonds. The number of aromatic nitrogens is 1. The van der Waals surface area contributed by atoms with Crippen molar-refractivity contribution in [3.63, 3.8) is 0 Å². The molecule has 0 saturated heterocycles. The first-order valence-electron chi connectivity index (χ1n) is 6.91. The molecule has 0 atom stereocenters. The van der Waals surface area contributed by atoms with Gasteiger partial charge in [-0.05, 0) is 39.8 Å². The lowest BCUT2D eigenvalue weighted by molar-refractivity contribution is 0.425. The van der Waals surface area contributed by atoms with Crippen LogP contribution >= 0.6 is 34.3 Å². The fourth-order valence-corrected chi connectivity index (χ4v) is 3.93. The second kappa shape index (κ2) is 6.65. The highest BCUT2D eigenvalue weighted by molar-refractivity contribution is 7.16. The summed E-state index contributed by atoms with van der Waals surface area (Å²) in [6, 6.07) is 4.02. The molecule has 0 aliphatic carbocycles. The van der Waals surface area contributed by atoms with Gasteiger partial charge in [-0.25, -0.2) is 4.98 Å². The summed E-state index contributed by atoms with van der Waals surface area (Å²) in [6.45, 7) is 10.3. The topological polar surface area (TPSA) is 28.2 Å². The van der Waals surface area contributed by atoms with Gasteiger partial charge in [0, 0.05) is 28.9 Å². The van der Waals surface area contributed by atoms with Crippen molar-refractivity contribution in [3.8, 4) is 0 Å². The smallest absolute Gasteiger partial charge is 0.185 e. The monoisotopic (exact) mass is 343 g/mol. The molecule has 2 aromatic rings. The molecule has 2 heterocycles. The van der Waals surface area contributed by atoms with Crippen LogP contribution in [0.2, 0.25) is 4.34 Å². The SMILES string of the molecule is Cc1nc(N(C)Cc2ccc(Cl)s2)sc1CNC(C)(C)C. The van der Waals surface area contributed by atoms with Crippen molar-refractivity contribution in [2.24, 2.45) is 0 Å². The minimum Gasteiger partial charge on any atom is -0.346 e. The summed E-state index contributed by atoms with van der Waals surface area (Å²) in [5, 5.41) is 4.58. The zero-order chi connectivity index (χ0) is 15.6. The first-order chi connectivity index (χ1) is 9.74. The lowest BCUT2D eigenvalue weighted by Gasteiger charge is -2.20. The molecule has 0 aliphatic rings. The van der Waals surface area contributed by atoms with Crippen LogP contribution in [-0.2, 0) is 13.1 Å². The third kappa shape index (κ3) is 4.95. The molecule has 0 radical (unpaired) electrons. The fraction of sp³-hybridized carbons (Fsp3) is 0.533. The predicted molar refractivity (Wildman–Crippen MR) is 94.9 cm³/mol. The average molecular weight is 344 g/mol. The van der Waals surface area contributed by atoms with Gasteiger partial charge in [0.15, 0.2) is 5.13 Å². The summed E-state index contributed by atoms with van der Waals surface area (Å²) in [5.74, 6) is 0. The summed E-state index contributed by atoms with van der Waals surface area (Å²) in [6.07, 6.45) is 0. The number of rotatable bonds is 5. The summed E-state index contributed by atoms with van der Waals surface area (Å²) in [4.78, 5) is 9.43. The summed E-state index contributed by atoms with van der Waals surface area (Å²) < 4.78 is 0.837. The van der Waals surface area contributed by atoms with Crippen LogP contribution < -0.4 is 10.2 Å². The molecule has 0 saturated carbocycles. The maximum Gasteiger partial charge on any atom is 0.185 e. The molecule has 2 rings (SSSR count). The van der Waals surface area contributed by atoms with Crippen LogP contribution in [0.3, 0.4) is 0 Å². The Hall–Kier alpha value is -0.620. The van der Waals surface area contributed by atoms with Gasteiger partial charge < -0.3 is 10.2 Å². The van der Waals surface area contributed by atoms with E-state index in [-0.39, 0.29) is 5.54 Å². The first-order valence-corrected chi connectivity index (χ1v) is 8.92. The van der Waals surface area contributed by atoms with Crippen LogP contribution in [0.4, 0.5) is 5.13 Å². The lowest BCUT2D eigenvalue weighted by Crippen LogP contribution is -2.34. The molecule has 21 heavy (non-hydrogen) atoms. The largest absolute Gasteiger partial charge is 0.346 e. The van der Waals surface area contributed by atoms with Crippen molar-refractivity contribution in [3.05, 3.63) is 31.9 Å². The molecule has 0 unspecified atom stereocenters. The molecule has 0 spiro atoms. The predicted octanol–water partition coefficient (Wildman–Crippen LogP) is 4.69. The van der Waals surface area contributed by atoms with Crippen molar-refractivity contribution in [1.82, 2.24) is 10.3 Å². The Morgan fingerprint density at radius 3 is 2.57 bits per heavy atom. The number of nitrogens with one attached hydrogen (secondary N) is 1. The van der Waals surface area contributed by atoms with Gasteiger partial charge in [-0.1, -0.05) is 11.6 Å². The number of anilines is 1. The van der Waals surface area contributed by atoms with Crippen LogP contribution in [-0.4, -0.2) is 17.6 Å². The highest BCUT2D eigenvalue weighted by Crippen LogP contribution is 2.29. The Labute approximate surface area is 140 Å². The van der Waals surface area contributed by atoms with Crippen molar-refractivity contribution in [1.29, 1.82) is 0 Å². The van der Waals surface area contributed by atoms with Crippen molar-refractivity contribution in [2.45, 2.75) is 46.3 Å². The Morgan fingerprint density at radius 2 is 2.00 bits per heavy atom. The van der Waals surface area contributed by atoms with E-state index in [9.17, 15) is 0 Å². The molecular weight excluding hydrogens is 322 g/mol. The third-order valence-electron chi connectivity index (χ3n) is 3.01. The van der Waals surface area contributed by atoms with E-state index < -0.39 is 0 Å². The van der Waals surface area contributed by atoms with Crippen molar-refractivity contribution in [2.75, 3.05) is 11.9 Å².